The minimum Gasteiger partial charge on any atom is -0.326 e. The number of aryl methyl sites for hydroxylation is 3. The molecule has 3 aromatic heterocycles. The van der Waals surface area contributed by atoms with Gasteiger partial charge in [-0.25, -0.2) is 14.5 Å². The molecule has 1 amide bonds. The van der Waals surface area contributed by atoms with Crippen LogP contribution in [0.5, 0.6) is 0 Å². The maximum atomic E-state index is 12.7. The molecule has 0 radical (unpaired) electrons. The first kappa shape index (κ1) is 18.4. The third-order valence-electron chi connectivity index (χ3n) is 5.64. The number of benzene rings is 1. The summed E-state index contributed by atoms with van der Waals surface area (Å²) in [7, 11) is 1.63. The van der Waals surface area contributed by atoms with Crippen LogP contribution in [-0.4, -0.2) is 29.6 Å². The highest BCUT2D eigenvalue weighted by atomic mass is 16.2. The van der Waals surface area contributed by atoms with Crippen LogP contribution in [0.4, 0.5) is 5.69 Å². The van der Waals surface area contributed by atoms with Crippen LogP contribution in [0, 0.1) is 12.8 Å². The molecule has 8 nitrogen and oxygen atoms in total. The van der Waals surface area contributed by atoms with Gasteiger partial charge in [0.25, 0.3) is 0 Å². The molecule has 1 atom stereocenters. The molecule has 0 saturated heterocycles. The van der Waals surface area contributed by atoms with Gasteiger partial charge in [-0.05, 0) is 43.2 Å². The fourth-order valence-electron chi connectivity index (χ4n) is 3.94. The van der Waals surface area contributed by atoms with Gasteiger partial charge in [0.05, 0.1) is 11.6 Å². The molecule has 0 bridgehead atoms. The van der Waals surface area contributed by atoms with Crippen molar-refractivity contribution < 1.29 is 4.79 Å². The van der Waals surface area contributed by atoms with E-state index < -0.39 is 0 Å². The van der Waals surface area contributed by atoms with Crippen LogP contribution in [0.15, 0.2) is 53.6 Å². The SMILES string of the molecule is Cc1ccn2cc(-c3ccc(NC(=O)C4CCc5nn(C)c(=O)n5C4)cc3)nc2c1. The van der Waals surface area contributed by atoms with E-state index in [9.17, 15) is 9.59 Å². The quantitative estimate of drug-likeness (QED) is 0.570. The fraction of sp³-hybridized carbons (Fsp3) is 0.273. The highest BCUT2D eigenvalue weighted by Crippen LogP contribution is 2.23. The Morgan fingerprint density at radius 1 is 1.20 bits per heavy atom. The molecule has 1 aliphatic rings. The molecule has 4 heterocycles. The number of anilines is 1. The van der Waals surface area contributed by atoms with Gasteiger partial charge in [0.2, 0.25) is 5.91 Å². The first-order valence-corrected chi connectivity index (χ1v) is 9.97. The average molecular weight is 402 g/mol. The molecule has 5 rings (SSSR count). The molecule has 1 unspecified atom stereocenters. The van der Waals surface area contributed by atoms with Gasteiger partial charge in [0.1, 0.15) is 11.5 Å². The number of aromatic nitrogens is 5. The number of nitrogens with zero attached hydrogens (tertiary/aromatic N) is 5. The summed E-state index contributed by atoms with van der Waals surface area (Å²) >= 11 is 0. The molecule has 8 heteroatoms. The van der Waals surface area contributed by atoms with Crippen molar-refractivity contribution in [1.82, 2.24) is 23.7 Å². The van der Waals surface area contributed by atoms with Crippen molar-refractivity contribution >= 4 is 17.2 Å². The molecule has 152 valence electrons. The van der Waals surface area contributed by atoms with E-state index in [2.05, 4.69) is 15.4 Å². The van der Waals surface area contributed by atoms with E-state index in [4.69, 9.17) is 0 Å². The van der Waals surface area contributed by atoms with Gasteiger partial charge in [0, 0.05) is 43.7 Å². The van der Waals surface area contributed by atoms with Crippen LogP contribution in [0.25, 0.3) is 16.9 Å². The summed E-state index contributed by atoms with van der Waals surface area (Å²) in [5.74, 6) is 0.423. The number of pyridine rings is 1. The molecule has 0 fully saturated rings. The molecule has 1 aliphatic heterocycles. The zero-order chi connectivity index (χ0) is 20.8. The third-order valence-corrected chi connectivity index (χ3v) is 5.64. The normalized spacial score (nSPS) is 15.9. The number of imidazole rings is 1. The van der Waals surface area contributed by atoms with Gasteiger partial charge in [0.15, 0.2) is 0 Å². The Bertz CT molecular complexity index is 1310. The second-order valence-corrected chi connectivity index (χ2v) is 7.83. The summed E-state index contributed by atoms with van der Waals surface area (Å²) in [6.07, 6.45) is 5.30. The molecule has 0 spiro atoms. The van der Waals surface area contributed by atoms with Gasteiger partial charge >= 0.3 is 5.69 Å². The second-order valence-electron chi connectivity index (χ2n) is 7.83. The number of hydrogen-bond acceptors (Lipinski definition) is 4. The first-order valence-electron chi connectivity index (χ1n) is 9.97. The van der Waals surface area contributed by atoms with Crippen LogP contribution in [0.2, 0.25) is 0 Å². The molecule has 4 aromatic rings. The molecule has 1 N–H and O–H groups in total. The van der Waals surface area contributed by atoms with Crippen molar-refractivity contribution in [2.45, 2.75) is 26.3 Å². The fourth-order valence-corrected chi connectivity index (χ4v) is 3.94. The van der Waals surface area contributed by atoms with Crippen molar-refractivity contribution in [3.8, 4) is 11.3 Å². The zero-order valence-electron chi connectivity index (χ0n) is 16.9. The zero-order valence-corrected chi connectivity index (χ0v) is 16.9. The number of fused-ring (bicyclic) bond motifs is 2. The van der Waals surface area contributed by atoms with Crippen LogP contribution < -0.4 is 11.0 Å². The van der Waals surface area contributed by atoms with E-state index in [1.54, 1.807) is 11.6 Å². The Kier molecular flexibility index (Phi) is 4.27. The third kappa shape index (κ3) is 3.20. The van der Waals surface area contributed by atoms with E-state index in [1.807, 2.05) is 60.1 Å². The van der Waals surface area contributed by atoms with Gasteiger partial charge in [-0.2, -0.15) is 5.10 Å². The van der Waals surface area contributed by atoms with E-state index >= 15 is 0 Å². The predicted octanol–water partition coefficient (Wildman–Crippen LogP) is 2.41. The van der Waals surface area contributed by atoms with Crippen molar-refractivity contribution in [1.29, 1.82) is 0 Å². The van der Waals surface area contributed by atoms with Crippen molar-refractivity contribution in [2.24, 2.45) is 13.0 Å². The topological polar surface area (TPSA) is 86.2 Å². The van der Waals surface area contributed by atoms with Crippen molar-refractivity contribution in [2.75, 3.05) is 5.32 Å². The number of amides is 1. The Morgan fingerprint density at radius 3 is 2.80 bits per heavy atom. The van der Waals surface area contributed by atoms with Crippen LogP contribution >= 0.6 is 0 Å². The first-order chi connectivity index (χ1) is 14.5. The standard InChI is InChI=1S/C22H22N6O2/c1-14-9-10-27-13-18(24-20(27)11-14)15-3-6-17(7-4-15)23-21(29)16-5-8-19-25-26(2)22(30)28(19)12-16/h3-4,6-7,9-11,13,16H,5,8,12H2,1-2H3,(H,23,29). The molecular formula is C22H22N6O2. The number of carbonyl (C=O) groups is 1. The van der Waals surface area contributed by atoms with E-state index in [-0.39, 0.29) is 17.5 Å². The second kappa shape index (κ2) is 6.98. The number of nitrogens with one attached hydrogen (secondary N) is 1. The van der Waals surface area contributed by atoms with Crippen LogP contribution in [0.1, 0.15) is 17.8 Å². The average Bonchev–Trinajstić information content (AvgIpc) is 3.28. The van der Waals surface area contributed by atoms with Crippen LogP contribution in [-0.2, 0) is 24.8 Å². The minimum atomic E-state index is -0.249. The lowest BCUT2D eigenvalue weighted by Crippen LogP contribution is -2.35. The summed E-state index contributed by atoms with van der Waals surface area (Å²) in [5, 5.41) is 7.19. The summed E-state index contributed by atoms with van der Waals surface area (Å²) in [4.78, 5) is 29.5. The number of rotatable bonds is 3. The van der Waals surface area contributed by atoms with Crippen LogP contribution in [0.3, 0.4) is 0 Å². The van der Waals surface area contributed by atoms with E-state index in [0.29, 0.717) is 19.4 Å². The summed E-state index contributed by atoms with van der Waals surface area (Å²) in [6.45, 7) is 2.41. The maximum absolute atomic E-state index is 12.7. The maximum Gasteiger partial charge on any atom is 0.345 e. The van der Waals surface area contributed by atoms with Gasteiger partial charge in [-0.15, -0.1) is 0 Å². The molecular weight excluding hydrogens is 380 g/mol. The molecule has 0 saturated carbocycles. The smallest absolute Gasteiger partial charge is 0.326 e. The highest BCUT2D eigenvalue weighted by molar-refractivity contribution is 5.92. The lowest BCUT2D eigenvalue weighted by atomic mass is 9.98. The molecule has 1 aromatic carbocycles. The molecule has 30 heavy (non-hydrogen) atoms. The number of carbonyl (C=O) groups excluding carboxylic acids is 1. The monoisotopic (exact) mass is 402 g/mol. The van der Waals surface area contributed by atoms with E-state index in [1.165, 1.54) is 10.2 Å². The number of hydrogen-bond donors (Lipinski definition) is 1. The molecule has 0 aliphatic carbocycles. The Morgan fingerprint density at radius 2 is 2.00 bits per heavy atom. The van der Waals surface area contributed by atoms with Gasteiger partial charge < -0.3 is 9.72 Å². The van der Waals surface area contributed by atoms with Crippen molar-refractivity contribution in [3.63, 3.8) is 0 Å². The minimum absolute atomic E-state index is 0.0765. The Balaban J connectivity index is 1.30. The lowest BCUT2D eigenvalue weighted by molar-refractivity contribution is -0.120. The Labute approximate surface area is 172 Å². The summed E-state index contributed by atoms with van der Waals surface area (Å²) < 4.78 is 4.92. The summed E-state index contributed by atoms with van der Waals surface area (Å²) in [5.41, 5.74) is 4.50. The van der Waals surface area contributed by atoms with E-state index in [0.717, 1.165) is 28.4 Å². The van der Waals surface area contributed by atoms with Crippen molar-refractivity contribution in [3.05, 3.63) is 70.7 Å². The van der Waals surface area contributed by atoms with Gasteiger partial charge in [-0.1, -0.05) is 12.1 Å². The largest absolute Gasteiger partial charge is 0.345 e. The predicted molar refractivity (Wildman–Crippen MR) is 113 cm³/mol. The van der Waals surface area contributed by atoms with Gasteiger partial charge in [-0.3, -0.25) is 9.36 Å². The lowest BCUT2D eigenvalue weighted by Gasteiger charge is -2.21. The highest BCUT2D eigenvalue weighted by Gasteiger charge is 2.27. The Hall–Kier alpha value is -3.68. The summed E-state index contributed by atoms with van der Waals surface area (Å²) in [6, 6.07) is 11.8.